The number of esters is 1. The number of aliphatic hydroxyl groups is 2. The molecule has 6 heteroatoms. The lowest BCUT2D eigenvalue weighted by atomic mass is 10.0. The number of ether oxygens (including phenoxy) is 1. The first-order chi connectivity index (χ1) is 39.0. The maximum atomic E-state index is 12.6. The molecule has 0 aromatic carbocycles. The van der Waals surface area contributed by atoms with Gasteiger partial charge in [-0.1, -0.05) is 366 Å². The maximum Gasteiger partial charge on any atom is 0.305 e. The highest BCUT2D eigenvalue weighted by molar-refractivity contribution is 5.76. The van der Waals surface area contributed by atoms with Crippen LogP contribution in [0.1, 0.15) is 418 Å². The molecule has 2 unspecified atom stereocenters. The van der Waals surface area contributed by atoms with Crippen molar-refractivity contribution in [3.8, 4) is 0 Å². The van der Waals surface area contributed by atoms with E-state index >= 15 is 0 Å². The van der Waals surface area contributed by atoms with Gasteiger partial charge < -0.3 is 20.3 Å². The Labute approximate surface area is 495 Å². The Morgan fingerprint density at radius 2 is 0.595 bits per heavy atom. The minimum absolute atomic E-state index is 0.00734. The second kappa shape index (κ2) is 69.1. The van der Waals surface area contributed by atoms with Gasteiger partial charge in [-0.3, -0.25) is 9.59 Å². The van der Waals surface area contributed by atoms with Gasteiger partial charge in [0.15, 0.2) is 0 Å². The number of amides is 1. The van der Waals surface area contributed by atoms with Crippen LogP contribution in [-0.2, 0) is 14.3 Å². The summed E-state index contributed by atoms with van der Waals surface area (Å²) in [6, 6.07) is -0.543. The van der Waals surface area contributed by atoms with Crippen LogP contribution in [0.25, 0.3) is 0 Å². The highest BCUT2D eigenvalue weighted by Gasteiger charge is 2.20. The van der Waals surface area contributed by atoms with Gasteiger partial charge in [-0.05, 0) is 51.4 Å². The summed E-state index contributed by atoms with van der Waals surface area (Å²) in [7, 11) is 0. The van der Waals surface area contributed by atoms with E-state index in [4.69, 9.17) is 4.74 Å². The predicted molar refractivity (Wildman–Crippen MR) is 347 cm³/mol. The van der Waals surface area contributed by atoms with Crippen LogP contribution >= 0.6 is 0 Å². The van der Waals surface area contributed by atoms with Gasteiger partial charge in [0.2, 0.25) is 5.91 Å². The molecule has 470 valence electrons. The van der Waals surface area contributed by atoms with Gasteiger partial charge in [0.05, 0.1) is 25.4 Å². The highest BCUT2D eigenvalue weighted by atomic mass is 16.5. The monoisotopic (exact) mass is 1110 g/mol. The first-order valence-corrected chi connectivity index (χ1v) is 36.4. The van der Waals surface area contributed by atoms with Gasteiger partial charge >= 0.3 is 5.97 Å². The summed E-state index contributed by atoms with van der Waals surface area (Å²) in [4.78, 5) is 24.6. The van der Waals surface area contributed by atoms with Crippen molar-refractivity contribution in [1.82, 2.24) is 5.32 Å². The number of rotatable bonds is 69. The standard InChI is InChI=1S/C73H143NO5/c1-3-5-7-9-11-13-15-17-19-21-22-23-24-25-28-31-34-37-41-45-49-53-57-61-65-71(76)70(69-75)74-72(77)66-62-58-54-50-46-42-38-35-32-29-26-27-30-33-36-40-44-48-52-56-60-64-68-79-73(78)67-63-59-55-51-47-43-39-20-18-16-14-12-10-8-6-4-2/h20,39,70-71,75-76H,3-19,21-38,40-69H2,1-2H3,(H,74,77)/b39-20-. The Kier molecular flexibility index (Phi) is 67.9. The summed E-state index contributed by atoms with van der Waals surface area (Å²) in [6.07, 6.45) is 85.5. The fraction of sp³-hybridized carbons (Fsp3) is 0.945. The third kappa shape index (κ3) is 65.6. The molecular formula is C73H143NO5. The van der Waals surface area contributed by atoms with Crippen LogP contribution in [0, 0.1) is 0 Å². The van der Waals surface area contributed by atoms with E-state index < -0.39 is 12.1 Å². The molecule has 0 spiro atoms. The number of hydrogen-bond donors (Lipinski definition) is 3. The highest BCUT2D eigenvalue weighted by Crippen LogP contribution is 2.19. The van der Waals surface area contributed by atoms with Gasteiger partial charge in [-0.25, -0.2) is 0 Å². The van der Waals surface area contributed by atoms with E-state index in [9.17, 15) is 19.8 Å². The van der Waals surface area contributed by atoms with Crippen molar-refractivity contribution in [3.05, 3.63) is 12.2 Å². The van der Waals surface area contributed by atoms with Crippen molar-refractivity contribution >= 4 is 11.9 Å². The van der Waals surface area contributed by atoms with E-state index in [0.717, 1.165) is 44.9 Å². The Bertz CT molecular complexity index is 1190. The van der Waals surface area contributed by atoms with Crippen molar-refractivity contribution in [2.75, 3.05) is 13.2 Å². The molecule has 0 saturated heterocycles. The van der Waals surface area contributed by atoms with Crippen LogP contribution in [0.5, 0.6) is 0 Å². The van der Waals surface area contributed by atoms with E-state index in [1.807, 2.05) is 0 Å². The van der Waals surface area contributed by atoms with Gasteiger partial charge in [0.1, 0.15) is 0 Å². The molecule has 0 aliphatic rings. The minimum Gasteiger partial charge on any atom is -0.466 e. The molecule has 3 N–H and O–H groups in total. The topological polar surface area (TPSA) is 95.9 Å². The molecule has 6 nitrogen and oxygen atoms in total. The molecule has 0 aromatic rings. The van der Waals surface area contributed by atoms with Crippen molar-refractivity contribution in [1.29, 1.82) is 0 Å². The average Bonchev–Trinajstić information content (AvgIpc) is 3.45. The number of nitrogens with one attached hydrogen (secondary N) is 1. The third-order valence-corrected chi connectivity index (χ3v) is 17.3. The van der Waals surface area contributed by atoms with Gasteiger partial charge in [0, 0.05) is 12.8 Å². The summed E-state index contributed by atoms with van der Waals surface area (Å²) in [5.74, 6) is -0.0224. The fourth-order valence-corrected chi connectivity index (χ4v) is 11.8. The molecule has 0 aliphatic carbocycles. The first kappa shape index (κ1) is 77.6. The molecular weight excluding hydrogens is 971 g/mol. The van der Waals surface area contributed by atoms with Crippen LogP contribution in [0.15, 0.2) is 12.2 Å². The lowest BCUT2D eigenvalue weighted by molar-refractivity contribution is -0.143. The summed E-state index contributed by atoms with van der Waals surface area (Å²) >= 11 is 0. The van der Waals surface area contributed by atoms with Crippen molar-refractivity contribution < 1.29 is 24.5 Å². The van der Waals surface area contributed by atoms with E-state index in [2.05, 4.69) is 31.3 Å². The Morgan fingerprint density at radius 3 is 0.899 bits per heavy atom. The zero-order chi connectivity index (χ0) is 57.1. The van der Waals surface area contributed by atoms with Crippen LogP contribution < -0.4 is 5.32 Å². The van der Waals surface area contributed by atoms with Crippen molar-refractivity contribution in [2.45, 2.75) is 431 Å². The van der Waals surface area contributed by atoms with E-state index in [1.165, 1.54) is 340 Å². The Hall–Kier alpha value is -1.40. The summed E-state index contributed by atoms with van der Waals surface area (Å²) in [6.45, 7) is 4.99. The normalized spacial score (nSPS) is 12.5. The molecule has 0 radical (unpaired) electrons. The van der Waals surface area contributed by atoms with Gasteiger partial charge in [0.25, 0.3) is 0 Å². The predicted octanol–water partition coefficient (Wildman–Crippen LogP) is 23.5. The SMILES string of the molecule is CCCCCCCCC/C=C\CCCCCCCC(=O)OCCCCCCCCCCCCCCCCCCCCCCCCC(=O)NC(CO)C(O)CCCCCCCCCCCCCCCCCCCCCCCCCC. The minimum atomic E-state index is -0.666. The number of hydrogen-bond acceptors (Lipinski definition) is 5. The molecule has 0 fully saturated rings. The largest absolute Gasteiger partial charge is 0.466 e. The zero-order valence-corrected chi connectivity index (χ0v) is 53.9. The van der Waals surface area contributed by atoms with E-state index in [1.54, 1.807) is 0 Å². The third-order valence-electron chi connectivity index (χ3n) is 17.3. The van der Waals surface area contributed by atoms with E-state index in [-0.39, 0.29) is 18.5 Å². The van der Waals surface area contributed by atoms with Crippen LogP contribution in [-0.4, -0.2) is 47.4 Å². The van der Waals surface area contributed by atoms with Crippen LogP contribution in [0.3, 0.4) is 0 Å². The molecule has 0 heterocycles. The van der Waals surface area contributed by atoms with Crippen LogP contribution in [0.4, 0.5) is 0 Å². The maximum absolute atomic E-state index is 12.6. The first-order valence-electron chi connectivity index (χ1n) is 36.4. The zero-order valence-electron chi connectivity index (χ0n) is 53.9. The number of unbranched alkanes of at least 4 members (excludes halogenated alkanes) is 56. The number of aliphatic hydroxyl groups excluding tert-OH is 2. The quantitative estimate of drug-likeness (QED) is 0.0320. The summed E-state index contributed by atoms with van der Waals surface area (Å²) in [5.41, 5.74) is 0. The molecule has 0 aliphatic heterocycles. The van der Waals surface area contributed by atoms with Crippen molar-refractivity contribution in [2.24, 2.45) is 0 Å². The van der Waals surface area contributed by atoms with Crippen LogP contribution in [0.2, 0.25) is 0 Å². The number of carbonyl (C=O) groups excluding carboxylic acids is 2. The molecule has 1 amide bonds. The molecule has 0 aromatic heterocycles. The Morgan fingerprint density at radius 1 is 0.342 bits per heavy atom. The second-order valence-corrected chi connectivity index (χ2v) is 25.3. The van der Waals surface area contributed by atoms with Crippen molar-refractivity contribution in [3.63, 3.8) is 0 Å². The number of carbonyl (C=O) groups is 2. The van der Waals surface area contributed by atoms with E-state index in [0.29, 0.717) is 25.9 Å². The smallest absolute Gasteiger partial charge is 0.305 e. The molecule has 79 heavy (non-hydrogen) atoms. The average molecular weight is 1110 g/mol. The lowest BCUT2D eigenvalue weighted by Crippen LogP contribution is -2.45. The fourth-order valence-electron chi connectivity index (χ4n) is 11.8. The molecule has 0 rings (SSSR count). The summed E-state index contributed by atoms with van der Waals surface area (Å²) < 4.78 is 5.50. The molecule has 0 saturated carbocycles. The molecule has 2 atom stereocenters. The van der Waals surface area contributed by atoms with Gasteiger partial charge in [-0.15, -0.1) is 0 Å². The Balaban J connectivity index is 3.37. The van der Waals surface area contributed by atoms with Gasteiger partial charge in [-0.2, -0.15) is 0 Å². The second-order valence-electron chi connectivity index (χ2n) is 25.3. The number of allylic oxidation sites excluding steroid dienone is 2. The molecule has 0 bridgehead atoms. The lowest BCUT2D eigenvalue weighted by Gasteiger charge is -2.22. The summed E-state index contributed by atoms with van der Waals surface area (Å²) in [5, 5.41) is 23.5.